The number of tetrazole rings is 1. The highest BCUT2D eigenvalue weighted by Crippen LogP contribution is 2.19. The smallest absolute Gasteiger partial charge is 0.239 e. The van der Waals surface area contributed by atoms with Crippen LogP contribution in [0.1, 0.15) is 25.0 Å². The number of rotatable bonds is 7. The van der Waals surface area contributed by atoms with Crippen molar-refractivity contribution >= 4 is 23.6 Å². The van der Waals surface area contributed by atoms with Crippen LogP contribution in [0, 0.1) is 13.8 Å². The lowest BCUT2D eigenvalue weighted by molar-refractivity contribution is -0.125. The fraction of sp³-hybridized carbons (Fsp3) is 0.438. The second-order valence-corrected chi connectivity index (χ2v) is 6.87. The summed E-state index contributed by atoms with van der Waals surface area (Å²) in [4.78, 5) is 23.4. The molecule has 0 fully saturated rings. The van der Waals surface area contributed by atoms with Gasteiger partial charge in [-0.05, 0) is 61.4 Å². The van der Waals surface area contributed by atoms with E-state index in [0.717, 1.165) is 11.3 Å². The molecule has 0 aliphatic heterocycles. The number of nitrogens with one attached hydrogen (secondary N) is 2. The average molecular weight is 362 g/mol. The van der Waals surface area contributed by atoms with E-state index in [4.69, 9.17) is 0 Å². The second kappa shape index (κ2) is 8.61. The fourth-order valence-electron chi connectivity index (χ4n) is 2.02. The molecule has 0 bridgehead atoms. The van der Waals surface area contributed by atoms with Gasteiger partial charge >= 0.3 is 0 Å². The van der Waals surface area contributed by atoms with E-state index in [-0.39, 0.29) is 30.2 Å². The van der Waals surface area contributed by atoms with Gasteiger partial charge in [-0.3, -0.25) is 9.59 Å². The van der Waals surface area contributed by atoms with E-state index in [0.29, 0.717) is 5.16 Å². The molecule has 0 radical (unpaired) electrons. The van der Waals surface area contributed by atoms with Crippen molar-refractivity contribution in [3.63, 3.8) is 0 Å². The zero-order valence-corrected chi connectivity index (χ0v) is 15.6. The third-order valence-corrected chi connectivity index (χ3v) is 4.32. The highest BCUT2D eigenvalue weighted by Gasteiger charge is 2.13. The Labute approximate surface area is 150 Å². The minimum Gasteiger partial charge on any atom is -0.352 e. The molecule has 0 unspecified atom stereocenters. The number of carbonyl (C=O) groups excluding carboxylic acids is 2. The summed E-state index contributed by atoms with van der Waals surface area (Å²) in [6.07, 6.45) is 0. The van der Waals surface area contributed by atoms with Gasteiger partial charge < -0.3 is 10.6 Å². The molecular formula is C16H22N6O2S. The molecule has 0 aliphatic carbocycles. The van der Waals surface area contributed by atoms with E-state index in [1.165, 1.54) is 17.3 Å². The first-order chi connectivity index (χ1) is 11.9. The number of amides is 2. The van der Waals surface area contributed by atoms with Crippen LogP contribution in [0.2, 0.25) is 0 Å². The van der Waals surface area contributed by atoms with E-state index in [9.17, 15) is 9.59 Å². The Morgan fingerprint density at radius 3 is 2.64 bits per heavy atom. The van der Waals surface area contributed by atoms with E-state index < -0.39 is 0 Å². The second-order valence-electron chi connectivity index (χ2n) is 5.93. The predicted molar refractivity (Wildman–Crippen MR) is 95.6 cm³/mol. The van der Waals surface area contributed by atoms with Gasteiger partial charge in [0.1, 0.15) is 0 Å². The Hall–Kier alpha value is -2.42. The summed E-state index contributed by atoms with van der Waals surface area (Å²) in [5.41, 5.74) is 3.16. The molecule has 0 saturated carbocycles. The van der Waals surface area contributed by atoms with Gasteiger partial charge in [0.25, 0.3) is 0 Å². The summed E-state index contributed by atoms with van der Waals surface area (Å²) in [7, 11) is 0. The highest BCUT2D eigenvalue weighted by atomic mass is 32.2. The van der Waals surface area contributed by atoms with Crippen LogP contribution in [-0.2, 0) is 9.59 Å². The van der Waals surface area contributed by atoms with E-state index in [1.54, 1.807) is 4.68 Å². The van der Waals surface area contributed by atoms with Gasteiger partial charge in [0.05, 0.1) is 18.0 Å². The molecule has 0 aliphatic rings. The van der Waals surface area contributed by atoms with Gasteiger partial charge in [-0.1, -0.05) is 17.8 Å². The van der Waals surface area contributed by atoms with Crippen molar-refractivity contribution in [2.75, 3.05) is 12.3 Å². The van der Waals surface area contributed by atoms with Gasteiger partial charge in [-0.25, -0.2) is 0 Å². The molecule has 8 nitrogen and oxygen atoms in total. The molecule has 2 aromatic rings. The van der Waals surface area contributed by atoms with Gasteiger partial charge in [0.2, 0.25) is 17.0 Å². The minimum atomic E-state index is -0.251. The lowest BCUT2D eigenvalue weighted by atomic mass is 10.1. The number of hydrogen-bond donors (Lipinski definition) is 2. The van der Waals surface area contributed by atoms with Crippen LogP contribution in [0.5, 0.6) is 0 Å². The monoisotopic (exact) mass is 362 g/mol. The summed E-state index contributed by atoms with van der Waals surface area (Å²) in [6.45, 7) is 7.74. The third-order valence-electron chi connectivity index (χ3n) is 3.40. The lowest BCUT2D eigenvalue weighted by Gasteiger charge is -2.09. The molecule has 0 spiro atoms. The molecule has 1 aromatic heterocycles. The topological polar surface area (TPSA) is 102 Å². The predicted octanol–water partition coefficient (Wildman–Crippen LogP) is 1.01. The van der Waals surface area contributed by atoms with Crippen molar-refractivity contribution in [3.8, 4) is 5.69 Å². The first-order valence-electron chi connectivity index (χ1n) is 7.91. The Balaban J connectivity index is 1.92. The van der Waals surface area contributed by atoms with Gasteiger partial charge in [0, 0.05) is 6.04 Å². The largest absolute Gasteiger partial charge is 0.352 e. The molecule has 134 valence electrons. The van der Waals surface area contributed by atoms with Crippen LogP contribution < -0.4 is 10.6 Å². The number of thioether (sulfide) groups is 1. The molecule has 0 saturated heterocycles. The van der Waals surface area contributed by atoms with Crippen LogP contribution in [0.15, 0.2) is 23.4 Å². The zero-order chi connectivity index (χ0) is 18.4. The summed E-state index contributed by atoms with van der Waals surface area (Å²) < 4.78 is 1.59. The first kappa shape index (κ1) is 18.9. The Bertz CT molecular complexity index is 759. The van der Waals surface area contributed by atoms with Gasteiger partial charge in [-0.2, -0.15) is 4.68 Å². The summed E-state index contributed by atoms with van der Waals surface area (Å²) >= 11 is 1.22. The van der Waals surface area contributed by atoms with Crippen molar-refractivity contribution in [3.05, 3.63) is 29.3 Å². The first-order valence-corrected chi connectivity index (χ1v) is 8.90. The maximum atomic E-state index is 11.9. The number of benzene rings is 1. The van der Waals surface area contributed by atoms with Gasteiger partial charge in [-0.15, -0.1) is 5.10 Å². The van der Waals surface area contributed by atoms with Crippen LogP contribution >= 0.6 is 11.8 Å². The summed E-state index contributed by atoms with van der Waals surface area (Å²) in [6, 6.07) is 5.97. The molecule has 25 heavy (non-hydrogen) atoms. The lowest BCUT2D eigenvalue weighted by Crippen LogP contribution is -2.40. The molecular weight excluding hydrogens is 340 g/mol. The van der Waals surface area contributed by atoms with Crippen molar-refractivity contribution in [1.82, 2.24) is 30.8 Å². The molecule has 2 amide bonds. The number of hydrogen-bond acceptors (Lipinski definition) is 6. The van der Waals surface area contributed by atoms with E-state index in [2.05, 4.69) is 26.2 Å². The fourth-order valence-corrected chi connectivity index (χ4v) is 2.74. The highest BCUT2D eigenvalue weighted by molar-refractivity contribution is 7.99. The Kier molecular flexibility index (Phi) is 6.51. The molecule has 2 N–H and O–H groups in total. The molecule has 1 heterocycles. The summed E-state index contributed by atoms with van der Waals surface area (Å²) in [5.74, 6) is -0.341. The van der Waals surface area contributed by atoms with Crippen molar-refractivity contribution in [2.45, 2.75) is 38.9 Å². The summed E-state index contributed by atoms with van der Waals surface area (Å²) in [5, 5.41) is 17.4. The minimum absolute atomic E-state index is 0.0420. The average Bonchev–Trinajstić information content (AvgIpc) is 3.01. The SMILES string of the molecule is Cc1ccc(-n2nnnc2SCC(=O)NCC(=O)NC(C)C)cc1C. The maximum absolute atomic E-state index is 11.9. The molecule has 0 atom stereocenters. The van der Waals surface area contributed by atoms with Gasteiger partial charge in [0.15, 0.2) is 0 Å². The van der Waals surface area contributed by atoms with Crippen LogP contribution in [-0.4, -0.2) is 50.4 Å². The number of carbonyl (C=O) groups is 2. The third kappa shape index (κ3) is 5.56. The van der Waals surface area contributed by atoms with Crippen molar-refractivity contribution in [2.24, 2.45) is 0 Å². The molecule has 1 aromatic carbocycles. The quantitative estimate of drug-likeness (QED) is 0.713. The number of aromatic nitrogens is 4. The normalized spacial score (nSPS) is 10.8. The standard InChI is InChI=1S/C16H22N6O2S/c1-10(2)18-14(23)8-17-15(24)9-25-16-19-20-21-22(16)13-6-5-11(3)12(4)7-13/h5-7,10H,8-9H2,1-4H3,(H,17,24)(H,18,23). The van der Waals surface area contributed by atoms with Crippen LogP contribution in [0.25, 0.3) is 5.69 Å². The van der Waals surface area contributed by atoms with Crippen molar-refractivity contribution < 1.29 is 9.59 Å². The maximum Gasteiger partial charge on any atom is 0.239 e. The van der Waals surface area contributed by atoms with Crippen LogP contribution in [0.4, 0.5) is 0 Å². The van der Waals surface area contributed by atoms with E-state index >= 15 is 0 Å². The molecule has 9 heteroatoms. The Morgan fingerprint density at radius 1 is 1.20 bits per heavy atom. The van der Waals surface area contributed by atoms with Crippen LogP contribution in [0.3, 0.4) is 0 Å². The van der Waals surface area contributed by atoms with Crippen molar-refractivity contribution in [1.29, 1.82) is 0 Å². The number of aryl methyl sites for hydroxylation is 2. The Morgan fingerprint density at radius 2 is 1.96 bits per heavy atom. The van der Waals surface area contributed by atoms with E-state index in [1.807, 2.05) is 45.9 Å². The molecule has 2 rings (SSSR count). The zero-order valence-electron chi connectivity index (χ0n) is 14.7. The number of nitrogens with zero attached hydrogens (tertiary/aromatic N) is 4.